The molecule has 0 amide bonds. The number of hydrogen-bond donors (Lipinski definition) is 0. The van der Waals surface area contributed by atoms with Crippen molar-refractivity contribution in [3.8, 4) is 0 Å². The number of nitrogens with zero attached hydrogens (tertiary/aromatic N) is 1. The molecule has 0 aromatic heterocycles. The fourth-order valence-electron chi connectivity index (χ4n) is 7.98. The summed E-state index contributed by atoms with van der Waals surface area (Å²) in [7, 11) is 2.25. The summed E-state index contributed by atoms with van der Waals surface area (Å²) in [5.41, 5.74) is -0.780. The van der Waals surface area contributed by atoms with Gasteiger partial charge in [-0.2, -0.15) is 0 Å². The molecule has 0 bridgehead atoms. The molecule has 0 heterocycles. The van der Waals surface area contributed by atoms with Crippen LogP contribution in [0.1, 0.15) is 248 Å². The van der Waals surface area contributed by atoms with Gasteiger partial charge in [-0.15, -0.1) is 0 Å². The summed E-state index contributed by atoms with van der Waals surface area (Å²) < 4.78 is 11.6. The molecule has 0 saturated carbocycles. The molecule has 5 heteroatoms. The first kappa shape index (κ1) is 52.9. The lowest BCUT2D eigenvalue weighted by atomic mass is 9.87. The van der Waals surface area contributed by atoms with Crippen LogP contribution in [0.15, 0.2) is 0 Å². The molecule has 54 heavy (non-hydrogen) atoms. The van der Waals surface area contributed by atoms with Gasteiger partial charge >= 0.3 is 11.9 Å². The molecule has 0 radical (unpaired) electrons. The zero-order valence-corrected chi connectivity index (χ0v) is 38.3. The van der Waals surface area contributed by atoms with Crippen molar-refractivity contribution in [1.29, 1.82) is 0 Å². The van der Waals surface area contributed by atoms with Crippen LogP contribution < -0.4 is 0 Å². The summed E-state index contributed by atoms with van der Waals surface area (Å²) in [5.74, 6) is 1.58. The Morgan fingerprint density at radius 1 is 0.426 bits per heavy atom. The predicted octanol–water partition coefficient (Wildman–Crippen LogP) is 15.1. The number of hydrogen-bond acceptors (Lipinski definition) is 5. The van der Waals surface area contributed by atoms with Crippen molar-refractivity contribution < 1.29 is 19.1 Å². The number of ether oxygens (including phenoxy) is 2. The first-order valence-electron chi connectivity index (χ1n) is 24.0. The van der Waals surface area contributed by atoms with Crippen LogP contribution in [0.2, 0.25) is 0 Å². The topological polar surface area (TPSA) is 55.8 Å². The highest BCUT2D eigenvalue weighted by Crippen LogP contribution is 2.29. The van der Waals surface area contributed by atoms with E-state index in [0.717, 1.165) is 63.5 Å². The maximum atomic E-state index is 12.9. The van der Waals surface area contributed by atoms with Crippen LogP contribution in [-0.4, -0.2) is 50.2 Å². The van der Waals surface area contributed by atoms with Crippen LogP contribution in [-0.2, 0) is 19.1 Å². The molecule has 0 aliphatic heterocycles. The highest BCUT2D eigenvalue weighted by atomic mass is 16.5. The molecule has 0 aliphatic rings. The van der Waals surface area contributed by atoms with Crippen LogP contribution in [0.4, 0.5) is 0 Å². The first-order valence-corrected chi connectivity index (χ1v) is 24.0. The van der Waals surface area contributed by atoms with Crippen LogP contribution >= 0.6 is 0 Å². The fraction of sp³-hybridized carbons (Fsp3) is 0.959. The number of unbranched alkanes of at least 4 members (excludes halogenated alkanes) is 14. The van der Waals surface area contributed by atoms with E-state index in [2.05, 4.69) is 67.3 Å². The average molecular weight is 764 g/mol. The Morgan fingerprint density at radius 2 is 0.722 bits per heavy atom. The number of esters is 2. The van der Waals surface area contributed by atoms with Crippen molar-refractivity contribution in [3.63, 3.8) is 0 Å². The smallest absolute Gasteiger partial charge is 0.311 e. The second-order valence-corrected chi connectivity index (χ2v) is 18.7. The lowest BCUT2D eigenvalue weighted by Gasteiger charge is -2.23. The van der Waals surface area contributed by atoms with Gasteiger partial charge in [0.25, 0.3) is 0 Å². The Hall–Kier alpha value is -1.10. The zero-order valence-electron chi connectivity index (χ0n) is 38.3. The van der Waals surface area contributed by atoms with E-state index in [9.17, 15) is 9.59 Å². The largest absolute Gasteiger partial charge is 0.465 e. The maximum Gasteiger partial charge on any atom is 0.311 e. The molecule has 0 rings (SSSR count). The molecule has 0 spiro atoms. The molecular formula is C49H97NO4. The van der Waals surface area contributed by atoms with E-state index in [4.69, 9.17) is 9.47 Å². The maximum absolute atomic E-state index is 12.9. The summed E-state index contributed by atoms with van der Waals surface area (Å²) in [6.07, 6.45) is 36.9. The molecule has 5 nitrogen and oxygen atoms in total. The van der Waals surface area contributed by atoms with Gasteiger partial charge in [-0.05, 0) is 111 Å². The molecule has 0 aromatic rings. The minimum Gasteiger partial charge on any atom is -0.465 e. The fourth-order valence-corrected chi connectivity index (χ4v) is 7.98. The van der Waals surface area contributed by atoms with Crippen LogP contribution in [0, 0.1) is 22.7 Å². The van der Waals surface area contributed by atoms with Gasteiger partial charge in [0, 0.05) is 0 Å². The molecule has 0 aliphatic carbocycles. The van der Waals surface area contributed by atoms with Gasteiger partial charge in [0.2, 0.25) is 0 Å². The van der Waals surface area contributed by atoms with Crippen molar-refractivity contribution in [1.82, 2.24) is 4.90 Å². The lowest BCUT2D eigenvalue weighted by molar-refractivity contribution is -0.155. The van der Waals surface area contributed by atoms with E-state index in [1.165, 1.54) is 154 Å². The molecule has 0 N–H and O–H groups in total. The number of carbonyl (C=O) groups is 2. The summed E-state index contributed by atoms with van der Waals surface area (Å²) in [6, 6.07) is 0. The highest BCUT2D eigenvalue weighted by Gasteiger charge is 2.29. The van der Waals surface area contributed by atoms with Gasteiger partial charge in [-0.3, -0.25) is 9.59 Å². The second-order valence-electron chi connectivity index (χ2n) is 18.7. The summed E-state index contributed by atoms with van der Waals surface area (Å²) >= 11 is 0. The van der Waals surface area contributed by atoms with E-state index < -0.39 is 10.8 Å². The van der Waals surface area contributed by atoms with Gasteiger partial charge in [-0.1, -0.05) is 169 Å². The van der Waals surface area contributed by atoms with Crippen molar-refractivity contribution in [2.24, 2.45) is 22.7 Å². The average Bonchev–Trinajstić information content (AvgIpc) is 3.14. The van der Waals surface area contributed by atoms with Crippen molar-refractivity contribution in [2.45, 2.75) is 248 Å². The summed E-state index contributed by atoms with van der Waals surface area (Å²) in [6.45, 7) is 20.8. The third-order valence-electron chi connectivity index (χ3n) is 12.1. The Labute approximate surface area is 339 Å². The van der Waals surface area contributed by atoms with E-state index >= 15 is 0 Å². The van der Waals surface area contributed by atoms with Crippen LogP contribution in [0.3, 0.4) is 0 Å². The van der Waals surface area contributed by atoms with Gasteiger partial charge in [0.1, 0.15) is 0 Å². The normalized spacial score (nSPS) is 12.4. The lowest BCUT2D eigenvalue weighted by Crippen LogP contribution is -2.27. The number of carbonyl (C=O) groups excluding carboxylic acids is 2. The SMILES string of the molecule is CCCCCC(CCCCC)CCCOC(=O)C(C)(C)CCCCCCN(C)CCCCCCC(C)(C)C(=O)OCCCC(CCCCC)CCCCC. The van der Waals surface area contributed by atoms with Crippen molar-refractivity contribution in [2.75, 3.05) is 33.4 Å². The van der Waals surface area contributed by atoms with E-state index in [0.29, 0.717) is 13.2 Å². The number of rotatable bonds is 40. The predicted molar refractivity (Wildman–Crippen MR) is 235 cm³/mol. The second kappa shape index (κ2) is 35.1. The zero-order chi connectivity index (χ0) is 40.3. The molecule has 322 valence electrons. The van der Waals surface area contributed by atoms with Crippen LogP contribution in [0.5, 0.6) is 0 Å². The van der Waals surface area contributed by atoms with Crippen LogP contribution in [0.25, 0.3) is 0 Å². The quantitative estimate of drug-likeness (QED) is 0.0459. The molecule has 0 unspecified atom stereocenters. The molecular weight excluding hydrogens is 667 g/mol. The van der Waals surface area contributed by atoms with Crippen molar-refractivity contribution >= 4 is 11.9 Å². The summed E-state index contributed by atoms with van der Waals surface area (Å²) in [4.78, 5) is 28.2. The summed E-state index contributed by atoms with van der Waals surface area (Å²) in [5, 5.41) is 0. The minimum absolute atomic E-state index is 0.0101. The Balaban J connectivity index is 4.03. The van der Waals surface area contributed by atoms with Gasteiger partial charge < -0.3 is 14.4 Å². The van der Waals surface area contributed by atoms with Gasteiger partial charge in [0.15, 0.2) is 0 Å². The highest BCUT2D eigenvalue weighted by molar-refractivity contribution is 5.76. The standard InChI is InChI=1S/C49H97NO4/c1-10-14-22-32-44(33-23-15-11-2)36-30-42-53-46(51)48(5,6)38-26-18-20-28-40-50(9)41-29-21-19-27-39-49(7,8)47(52)54-43-31-37-45(34-24-16-12-3)35-25-17-13-4/h44-45H,10-43H2,1-9H3. The molecule has 0 aromatic carbocycles. The monoisotopic (exact) mass is 764 g/mol. The van der Waals surface area contributed by atoms with E-state index in [1.54, 1.807) is 0 Å². The third kappa shape index (κ3) is 30.1. The van der Waals surface area contributed by atoms with Crippen molar-refractivity contribution in [3.05, 3.63) is 0 Å². The Kier molecular flexibility index (Phi) is 34.4. The minimum atomic E-state index is -0.390. The molecule has 0 fully saturated rings. The van der Waals surface area contributed by atoms with E-state index in [-0.39, 0.29) is 11.9 Å². The third-order valence-corrected chi connectivity index (χ3v) is 12.1. The van der Waals surface area contributed by atoms with E-state index in [1.807, 2.05) is 0 Å². The first-order chi connectivity index (χ1) is 25.9. The molecule has 0 saturated heterocycles. The molecule has 0 atom stereocenters. The van der Waals surface area contributed by atoms with Gasteiger partial charge in [0.05, 0.1) is 24.0 Å². The Bertz CT molecular complexity index is 767. The van der Waals surface area contributed by atoms with Gasteiger partial charge in [-0.25, -0.2) is 0 Å². The Morgan fingerprint density at radius 3 is 1.04 bits per heavy atom.